The van der Waals surface area contributed by atoms with Gasteiger partial charge in [0.05, 0.1) is 14.2 Å². The molecule has 1 rings (SSSR count). The average Bonchev–Trinajstić information content (AvgIpc) is 2.46. The van der Waals surface area contributed by atoms with E-state index >= 15 is 0 Å². The summed E-state index contributed by atoms with van der Waals surface area (Å²) >= 11 is 0. The Morgan fingerprint density at radius 2 is 1.83 bits per heavy atom. The van der Waals surface area contributed by atoms with Gasteiger partial charge in [0.2, 0.25) is 0 Å². The highest BCUT2D eigenvalue weighted by atomic mass is 32.2. The Morgan fingerprint density at radius 1 is 1.17 bits per heavy atom. The molecule has 0 saturated heterocycles. The molecular weight excluding hydrogens is 324 g/mol. The maximum absolute atomic E-state index is 11.6. The second-order valence-corrected chi connectivity index (χ2v) is 6.43. The van der Waals surface area contributed by atoms with Crippen molar-refractivity contribution in [3.63, 3.8) is 0 Å². The SMILES string of the molecule is CCCc1c(S(=O)(=O)O)cc(OC)c(CCCC(=O)O)c1OC. The molecule has 0 heterocycles. The zero-order valence-corrected chi connectivity index (χ0v) is 14.3. The molecule has 0 spiro atoms. The molecule has 0 bridgehead atoms. The van der Waals surface area contributed by atoms with Gasteiger partial charge in [-0.25, -0.2) is 0 Å². The lowest BCUT2D eigenvalue weighted by atomic mass is 9.99. The Hall–Kier alpha value is -1.80. The fourth-order valence-corrected chi connectivity index (χ4v) is 3.26. The van der Waals surface area contributed by atoms with Crippen LogP contribution in [-0.4, -0.2) is 38.3 Å². The third-order valence-corrected chi connectivity index (χ3v) is 4.34. The monoisotopic (exact) mass is 346 g/mol. The van der Waals surface area contributed by atoms with Gasteiger partial charge in [-0.05, 0) is 19.3 Å². The molecule has 0 saturated carbocycles. The van der Waals surface area contributed by atoms with E-state index in [0.717, 1.165) is 0 Å². The number of carboxylic acids is 1. The zero-order chi connectivity index (χ0) is 17.6. The number of rotatable bonds is 9. The first-order valence-corrected chi connectivity index (χ1v) is 8.66. The number of hydrogen-bond donors (Lipinski definition) is 2. The van der Waals surface area contributed by atoms with E-state index in [2.05, 4.69) is 0 Å². The van der Waals surface area contributed by atoms with Crippen LogP contribution in [0.15, 0.2) is 11.0 Å². The van der Waals surface area contributed by atoms with Crippen LogP contribution in [0.5, 0.6) is 11.5 Å². The summed E-state index contributed by atoms with van der Waals surface area (Å²) in [7, 11) is -1.64. The number of carbonyl (C=O) groups is 1. The van der Waals surface area contributed by atoms with Crippen LogP contribution in [-0.2, 0) is 27.8 Å². The van der Waals surface area contributed by atoms with Crippen molar-refractivity contribution in [3.05, 3.63) is 17.2 Å². The van der Waals surface area contributed by atoms with E-state index < -0.39 is 16.1 Å². The molecule has 0 aliphatic heterocycles. The molecule has 130 valence electrons. The quantitative estimate of drug-likeness (QED) is 0.660. The van der Waals surface area contributed by atoms with Gasteiger partial charge < -0.3 is 14.6 Å². The third kappa shape index (κ3) is 4.84. The highest BCUT2D eigenvalue weighted by molar-refractivity contribution is 7.85. The van der Waals surface area contributed by atoms with Crippen LogP contribution in [0.3, 0.4) is 0 Å². The fourth-order valence-electron chi connectivity index (χ4n) is 2.50. The molecule has 0 unspecified atom stereocenters. The van der Waals surface area contributed by atoms with Crippen LogP contribution < -0.4 is 9.47 Å². The minimum absolute atomic E-state index is 0.0184. The molecule has 0 amide bonds. The van der Waals surface area contributed by atoms with Crippen molar-refractivity contribution < 1.29 is 32.3 Å². The number of hydrogen-bond acceptors (Lipinski definition) is 5. The molecule has 0 aromatic heterocycles. The Labute approximate surface area is 136 Å². The molecule has 23 heavy (non-hydrogen) atoms. The lowest BCUT2D eigenvalue weighted by molar-refractivity contribution is -0.137. The number of carboxylic acid groups (broad SMARTS) is 1. The molecule has 0 aliphatic rings. The Morgan fingerprint density at radius 3 is 2.26 bits per heavy atom. The maximum atomic E-state index is 11.6. The van der Waals surface area contributed by atoms with Gasteiger partial charge in [0.15, 0.2) is 0 Å². The predicted octanol–water partition coefficient (Wildman–Crippen LogP) is 2.31. The van der Waals surface area contributed by atoms with Crippen molar-refractivity contribution in [2.45, 2.75) is 43.9 Å². The Balaban J connectivity index is 3.49. The minimum Gasteiger partial charge on any atom is -0.496 e. The summed E-state index contributed by atoms with van der Waals surface area (Å²) < 4.78 is 43.3. The second kappa shape index (κ2) is 8.16. The summed E-state index contributed by atoms with van der Waals surface area (Å²) in [6.45, 7) is 1.88. The standard InChI is InChI=1S/C15H22O7S/c1-4-6-11-13(23(18,19)20)9-12(21-2)10(15(11)22-3)7-5-8-14(16)17/h9H,4-8H2,1-3H3,(H,16,17)(H,18,19,20). The molecule has 8 heteroatoms. The van der Waals surface area contributed by atoms with Crippen molar-refractivity contribution in [2.75, 3.05) is 14.2 Å². The van der Waals surface area contributed by atoms with Crippen LogP contribution in [0, 0.1) is 0 Å². The van der Waals surface area contributed by atoms with Crippen molar-refractivity contribution >= 4 is 16.1 Å². The number of aliphatic carboxylic acids is 1. The van der Waals surface area contributed by atoms with Crippen molar-refractivity contribution in [1.82, 2.24) is 0 Å². The van der Waals surface area contributed by atoms with Crippen LogP contribution in [0.25, 0.3) is 0 Å². The summed E-state index contributed by atoms with van der Waals surface area (Å²) in [5.74, 6) is -0.338. The van der Waals surface area contributed by atoms with Gasteiger partial charge in [0.25, 0.3) is 10.1 Å². The number of benzene rings is 1. The van der Waals surface area contributed by atoms with Gasteiger partial charge in [-0.15, -0.1) is 0 Å². The largest absolute Gasteiger partial charge is 0.496 e. The van der Waals surface area contributed by atoms with E-state index in [1.54, 1.807) is 0 Å². The first-order valence-electron chi connectivity index (χ1n) is 7.22. The average molecular weight is 346 g/mol. The summed E-state index contributed by atoms with van der Waals surface area (Å²) in [5.41, 5.74) is 0.982. The van der Waals surface area contributed by atoms with Gasteiger partial charge in [0, 0.05) is 23.6 Å². The molecule has 1 aromatic carbocycles. The highest BCUT2D eigenvalue weighted by Gasteiger charge is 2.25. The lowest BCUT2D eigenvalue weighted by Gasteiger charge is -2.19. The first kappa shape index (κ1) is 19.2. The number of methoxy groups -OCH3 is 2. The van der Waals surface area contributed by atoms with Crippen molar-refractivity contribution in [2.24, 2.45) is 0 Å². The van der Waals surface area contributed by atoms with Gasteiger partial charge in [-0.2, -0.15) is 8.42 Å². The minimum atomic E-state index is -4.43. The molecule has 0 fully saturated rings. The lowest BCUT2D eigenvalue weighted by Crippen LogP contribution is -2.09. The van der Waals surface area contributed by atoms with Crippen LogP contribution in [0.4, 0.5) is 0 Å². The predicted molar refractivity (Wildman–Crippen MR) is 83.9 cm³/mol. The maximum Gasteiger partial charge on any atom is 0.303 e. The molecule has 0 radical (unpaired) electrons. The van der Waals surface area contributed by atoms with Gasteiger partial charge in [-0.1, -0.05) is 13.3 Å². The van der Waals surface area contributed by atoms with Crippen LogP contribution >= 0.6 is 0 Å². The zero-order valence-electron chi connectivity index (χ0n) is 13.5. The Bertz CT molecular complexity index is 665. The summed E-state index contributed by atoms with van der Waals surface area (Å²) in [5, 5.41) is 8.76. The number of ether oxygens (including phenoxy) is 2. The first-order chi connectivity index (χ1) is 10.8. The van der Waals surface area contributed by atoms with Crippen LogP contribution in [0.2, 0.25) is 0 Å². The topological polar surface area (TPSA) is 110 Å². The molecular formula is C15H22O7S. The van der Waals surface area contributed by atoms with Crippen molar-refractivity contribution in [1.29, 1.82) is 0 Å². The highest BCUT2D eigenvalue weighted by Crippen LogP contribution is 2.38. The molecule has 0 atom stereocenters. The summed E-state index contributed by atoms with van der Waals surface area (Å²) in [6.07, 6.45) is 1.75. The third-order valence-electron chi connectivity index (χ3n) is 3.42. The van der Waals surface area contributed by atoms with E-state index in [1.807, 2.05) is 6.92 Å². The molecule has 1 aromatic rings. The van der Waals surface area contributed by atoms with Gasteiger partial charge >= 0.3 is 5.97 Å². The smallest absolute Gasteiger partial charge is 0.303 e. The van der Waals surface area contributed by atoms with E-state index in [-0.39, 0.29) is 17.1 Å². The van der Waals surface area contributed by atoms with E-state index in [9.17, 15) is 17.8 Å². The summed E-state index contributed by atoms with van der Waals surface area (Å²) in [4.78, 5) is 10.4. The van der Waals surface area contributed by atoms with E-state index in [0.29, 0.717) is 42.6 Å². The van der Waals surface area contributed by atoms with Crippen LogP contribution in [0.1, 0.15) is 37.3 Å². The van der Waals surface area contributed by atoms with E-state index in [4.69, 9.17) is 14.6 Å². The van der Waals surface area contributed by atoms with E-state index in [1.165, 1.54) is 20.3 Å². The molecule has 0 aliphatic carbocycles. The van der Waals surface area contributed by atoms with Gasteiger partial charge in [-0.3, -0.25) is 9.35 Å². The second-order valence-electron chi connectivity index (χ2n) is 5.04. The molecule has 2 N–H and O–H groups in total. The molecule has 7 nitrogen and oxygen atoms in total. The Kier molecular flexibility index (Phi) is 6.83. The normalized spacial score (nSPS) is 11.3. The van der Waals surface area contributed by atoms with Crippen molar-refractivity contribution in [3.8, 4) is 11.5 Å². The van der Waals surface area contributed by atoms with Gasteiger partial charge in [0.1, 0.15) is 16.4 Å². The fraction of sp³-hybridized carbons (Fsp3) is 0.533. The summed E-state index contributed by atoms with van der Waals surface area (Å²) in [6, 6.07) is 1.26.